The predicted molar refractivity (Wildman–Crippen MR) is 64.3 cm³/mol. The monoisotopic (exact) mass is 233 g/mol. The highest BCUT2D eigenvalue weighted by atomic mass is 32.2. The lowest BCUT2D eigenvalue weighted by Crippen LogP contribution is -2.46. The van der Waals surface area contributed by atoms with Crippen LogP contribution in [0.15, 0.2) is 0 Å². The van der Waals surface area contributed by atoms with Gasteiger partial charge in [-0.05, 0) is 19.4 Å². The van der Waals surface area contributed by atoms with Gasteiger partial charge in [0.05, 0.1) is 0 Å². The highest BCUT2D eigenvalue weighted by molar-refractivity contribution is 7.99. The average Bonchev–Trinajstić information content (AvgIpc) is 2.49. The first-order chi connectivity index (χ1) is 6.70. The third-order valence-electron chi connectivity index (χ3n) is 3.61. The van der Waals surface area contributed by atoms with E-state index in [-0.39, 0.29) is 0 Å². The van der Waals surface area contributed by atoms with Gasteiger partial charge < -0.3 is 4.90 Å². The minimum absolute atomic E-state index is 0.418. The topological polar surface area (TPSA) is 20.3 Å². The van der Waals surface area contributed by atoms with Crippen LogP contribution in [-0.2, 0) is 10.8 Å². The first-order valence-corrected chi connectivity index (χ1v) is 7.89. The lowest BCUT2D eigenvalue weighted by Gasteiger charge is -2.37. The van der Waals surface area contributed by atoms with Crippen LogP contribution in [-0.4, -0.2) is 51.3 Å². The molecule has 2 heterocycles. The zero-order chi connectivity index (χ0) is 10.1. The molecule has 0 radical (unpaired) electrons. The maximum absolute atomic E-state index is 11.6. The fraction of sp³-hybridized carbons (Fsp3) is 1.00. The molecule has 0 spiro atoms. The van der Waals surface area contributed by atoms with Crippen LogP contribution in [0.3, 0.4) is 0 Å². The maximum atomic E-state index is 11.6. The molecule has 4 unspecified atom stereocenters. The van der Waals surface area contributed by atoms with Gasteiger partial charge >= 0.3 is 0 Å². The van der Waals surface area contributed by atoms with Crippen molar-refractivity contribution in [2.75, 3.05) is 30.9 Å². The van der Waals surface area contributed by atoms with Gasteiger partial charge in [0.1, 0.15) is 0 Å². The van der Waals surface area contributed by atoms with Crippen molar-refractivity contribution in [2.45, 2.75) is 24.6 Å². The van der Waals surface area contributed by atoms with Crippen LogP contribution in [0.1, 0.15) is 13.3 Å². The molecule has 2 saturated heterocycles. The lowest BCUT2D eigenvalue weighted by molar-refractivity contribution is 0.198. The molecule has 0 aromatic carbocycles. The lowest BCUT2D eigenvalue weighted by atomic mass is 9.94. The van der Waals surface area contributed by atoms with Gasteiger partial charge in [0.15, 0.2) is 0 Å². The van der Waals surface area contributed by atoms with E-state index in [4.69, 9.17) is 0 Å². The molecule has 0 aliphatic carbocycles. The van der Waals surface area contributed by atoms with E-state index < -0.39 is 10.8 Å². The molecule has 0 aromatic rings. The van der Waals surface area contributed by atoms with Gasteiger partial charge in [-0.15, -0.1) is 0 Å². The van der Waals surface area contributed by atoms with Crippen molar-refractivity contribution in [1.29, 1.82) is 0 Å². The largest absolute Gasteiger partial charge is 0.301 e. The highest BCUT2D eigenvalue weighted by Crippen LogP contribution is 2.32. The van der Waals surface area contributed by atoms with E-state index in [9.17, 15) is 4.21 Å². The van der Waals surface area contributed by atoms with Gasteiger partial charge in [-0.1, -0.05) is 6.92 Å². The molecule has 4 atom stereocenters. The summed E-state index contributed by atoms with van der Waals surface area (Å²) in [5.41, 5.74) is 0. The first-order valence-electron chi connectivity index (χ1n) is 5.35. The molecule has 4 heteroatoms. The Morgan fingerprint density at radius 3 is 2.86 bits per heavy atom. The van der Waals surface area contributed by atoms with E-state index in [2.05, 4.69) is 30.6 Å². The molecule has 2 rings (SSSR count). The molecule has 14 heavy (non-hydrogen) atoms. The Kier molecular flexibility index (Phi) is 3.55. The summed E-state index contributed by atoms with van der Waals surface area (Å²) in [4.78, 5) is 2.47. The molecule has 82 valence electrons. The predicted octanol–water partition coefficient (Wildman–Crippen LogP) is 1.19. The van der Waals surface area contributed by atoms with Gasteiger partial charge in [-0.2, -0.15) is 11.8 Å². The van der Waals surface area contributed by atoms with E-state index in [0.717, 1.165) is 5.75 Å². The van der Waals surface area contributed by atoms with Crippen LogP contribution in [0.2, 0.25) is 0 Å². The van der Waals surface area contributed by atoms with E-state index in [0.29, 0.717) is 17.2 Å². The van der Waals surface area contributed by atoms with E-state index in [1.54, 1.807) is 0 Å². The minimum Gasteiger partial charge on any atom is -0.301 e. The smallest absolute Gasteiger partial charge is 0.0363 e. The molecule has 2 aliphatic rings. The van der Waals surface area contributed by atoms with Crippen molar-refractivity contribution in [3.8, 4) is 0 Å². The average molecular weight is 233 g/mol. The molecule has 2 fully saturated rings. The Hall–Kier alpha value is 0.460. The molecule has 0 amide bonds. The zero-order valence-corrected chi connectivity index (χ0v) is 10.6. The summed E-state index contributed by atoms with van der Waals surface area (Å²) < 4.78 is 11.6. The third kappa shape index (κ3) is 2.02. The molecule has 0 saturated carbocycles. The Labute approximate surface area is 93.3 Å². The summed E-state index contributed by atoms with van der Waals surface area (Å²) >= 11 is 2.06. The Bertz CT molecular complexity index is 234. The number of thioether (sulfide) groups is 1. The van der Waals surface area contributed by atoms with Crippen molar-refractivity contribution in [2.24, 2.45) is 5.92 Å². The summed E-state index contributed by atoms with van der Waals surface area (Å²) in [6, 6.07) is 0.676. The van der Waals surface area contributed by atoms with Crippen molar-refractivity contribution < 1.29 is 4.21 Å². The number of nitrogens with zero attached hydrogens (tertiary/aromatic N) is 1. The molecule has 2 aliphatic heterocycles. The molecule has 0 aromatic heterocycles. The molecule has 0 N–H and O–H groups in total. The van der Waals surface area contributed by atoms with Gasteiger partial charge in [0, 0.05) is 45.9 Å². The van der Waals surface area contributed by atoms with Crippen LogP contribution >= 0.6 is 11.8 Å². The van der Waals surface area contributed by atoms with Crippen molar-refractivity contribution in [1.82, 2.24) is 4.90 Å². The third-order valence-corrected chi connectivity index (χ3v) is 6.47. The van der Waals surface area contributed by atoms with E-state index >= 15 is 0 Å². The summed E-state index contributed by atoms with van der Waals surface area (Å²) in [5, 5.41) is 0.418. The van der Waals surface area contributed by atoms with Gasteiger partial charge in [-0.25, -0.2) is 0 Å². The van der Waals surface area contributed by atoms with Crippen LogP contribution in [0.25, 0.3) is 0 Å². The van der Waals surface area contributed by atoms with Crippen molar-refractivity contribution >= 4 is 22.6 Å². The highest BCUT2D eigenvalue weighted by Gasteiger charge is 2.38. The van der Waals surface area contributed by atoms with Crippen LogP contribution in [0.4, 0.5) is 0 Å². The number of rotatable bonds is 1. The van der Waals surface area contributed by atoms with Crippen LogP contribution < -0.4 is 0 Å². The van der Waals surface area contributed by atoms with E-state index in [1.807, 2.05) is 0 Å². The Balaban J connectivity index is 2.03. The van der Waals surface area contributed by atoms with Crippen molar-refractivity contribution in [3.63, 3.8) is 0 Å². The molecule has 0 bridgehead atoms. The second-order valence-corrected chi connectivity index (χ2v) is 7.43. The number of hydrogen-bond donors (Lipinski definition) is 0. The molecular weight excluding hydrogens is 214 g/mol. The fourth-order valence-corrected chi connectivity index (χ4v) is 5.44. The molecule has 2 nitrogen and oxygen atoms in total. The SMILES string of the molecule is CC1C(C2CSCCN2C)CCS1=O. The first kappa shape index (κ1) is 11.0. The Morgan fingerprint density at radius 2 is 2.29 bits per heavy atom. The van der Waals surface area contributed by atoms with Gasteiger partial charge in [0.25, 0.3) is 0 Å². The fourth-order valence-electron chi connectivity index (χ4n) is 2.53. The summed E-state index contributed by atoms with van der Waals surface area (Å²) in [5.74, 6) is 4.11. The van der Waals surface area contributed by atoms with Gasteiger partial charge in [-0.3, -0.25) is 4.21 Å². The minimum atomic E-state index is -0.550. The van der Waals surface area contributed by atoms with Crippen molar-refractivity contribution in [3.05, 3.63) is 0 Å². The standard InChI is InChI=1S/C10H19NOS2/c1-8-9(3-6-14(8)12)10-7-13-5-4-11(10)2/h8-10H,3-7H2,1-2H3. The normalized spacial score (nSPS) is 45.6. The maximum Gasteiger partial charge on any atom is 0.0363 e. The summed E-state index contributed by atoms with van der Waals surface area (Å²) in [6.45, 7) is 3.37. The second-order valence-electron chi connectivity index (χ2n) is 4.37. The number of hydrogen-bond acceptors (Lipinski definition) is 3. The quantitative estimate of drug-likeness (QED) is 0.678. The summed E-state index contributed by atoms with van der Waals surface area (Å²) in [7, 11) is 1.67. The molecular formula is C10H19NOS2. The van der Waals surface area contributed by atoms with Gasteiger partial charge in [0.2, 0.25) is 0 Å². The van der Waals surface area contributed by atoms with Crippen LogP contribution in [0.5, 0.6) is 0 Å². The van der Waals surface area contributed by atoms with E-state index in [1.165, 1.54) is 24.5 Å². The second kappa shape index (κ2) is 4.54. The summed E-state index contributed by atoms with van der Waals surface area (Å²) in [6.07, 6.45) is 1.17. The van der Waals surface area contributed by atoms with Crippen LogP contribution in [0, 0.1) is 5.92 Å². The zero-order valence-electron chi connectivity index (χ0n) is 8.94. The Morgan fingerprint density at radius 1 is 1.50 bits per heavy atom.